The Kier molecular flexibility index (Phi) is 4.49. The number of ether oxygens (including phenoxy) is 2. The summed E-state index contributed by atoms with van der Waals surface area (Å²) in [7, 11) is 0. The molecule has 3 aliphatic heterocycles. The number of hydrogen-bond acceptors (Lipinski definition) is 7. The minimum absolute atomic E-state index is 0.0361. The summed E-state index contributed by atoms with van der Waals surface area (Å²) in [5, 5.41) is 34.8. The monoisotopic (exact) mass is 444 g/mol. The summed E-state index contributed by atoms with van der Waals surface area (Å²) < 4.78 is 18.2. The molecule has 4 fully saturated rings. The molecule has 0 radical (unpaired) electrons. The first-order valence-corrected chi connectivity index (χ1v) is 11.4. The van der Waals surface area contributed by atoms with Crippen molar-refractivity contribution < 1.29 is 29.2 Å². The molecule has 0 aromatic carbocycles. The maximum Gasteiger partial charge on any atom is 0.295 e. The van der Waals surface area contributed by atoms with E-state index in [4.69, 9.17) is 13.9 Å². The molecule has 6 atom stereocenters. The first-order valence-electron chi connectivity index (χ1n) is 11.4. The van der Waals surface area contributed by atoms with Gasteiger partial charge in [0.25, 0.3) is 5.95 Å². The van der Waals surface area contributed by atoms with Gasteiger partial charge >= 0.3 is 0 Å². The van der Waals surface area contributed by atoms with Gasteiger partial charge in [-0.3, -0.25) is 4.79 Å². The quantitative estimate of drug-likeness (QED) is 0.602. The van der Waals surface area contributed by atoms with E-state index in [1.165, 1.54) is 6.07 Å². The fourth-order valence-electron chi connectivity index (χ4n) is 7.10. The normalized spacial score (nSPS) is 44.2. The van der Waals surface area contributed by atoms with Crippen LogP contribution in [0.1, 0.15) is 70.8 Å². The van der Waals surface area contributed by atoms with Crippen molar-refractivity contribution in [2.24, 2.45) is 16.7 Å². The van der Waals surface area contributed by atoms with Crippen molar-refractivity contribution in [3.05, 3.63) is 45.8 Å². The van der Waals surface area contributed by atoms with Crippen molar-refractivity contribution in [1.29, 1.82) is 0 Å². The molecular weight excluding hydrogens is 412 g/mol. The standard InChI is InChI=1S/C25H32O7/c1-5-6-7-8-15-13-16(26)17-18(27)19-22(4,32-20(17)31-15)9-11-24(28)21(2,3)25(29)12-10-23(19,24)14-30-25/h5-8,13,18-19,27-29H,9-12,14H2,1-4H3/b6-5+,8-7+/t18-,19-,22+,23-,24+,25-/m0/s1. The lowest BCUT2D eigenvalue weighted by atomic mass is 9.38. The Labute approximate surface area is 187 Å². The zero-order valence-corrected chi connectivity index (χ0v) is 19.1. The highest BCUT2D eigenvalue weighted by Gasteiger charge is 2.79. The van der Waals surface area contributed by atoms with Gasteiger partial charge < -0.3 is 29.2 Å². The SMILES string of the molecule is C/C=C/C=C/c1cc(=O)c2c(o1)O[C@]1(C)CC[C@@]3(O)C(C)(C)[C@]4(O)CC[C@]3(CO4)[C@H]1[C@H]2O. The fraction of sp³-hybridized carbons (Fsp3) is 0.640. The largest absolute Gasteiger partial charge is 0.458 e. The molecular formula is C25H32O7. The van der Waals surface area contributed by atoms with Gasteiger partial charge in [-0.1, -0.05) is 32.1 Å². The lowest BCUT2D eigenvalue weighted by molar-refractivity contribution is -0.443. The van der Waals surface area contributed by atoms with E-state index in [1.54, 1.807) is 12.2 Å². The molecule has 2 bridgehead atoms. The molecule has 1 aromatic heterocycles. The van der Waals surface area contributed by atoms with Crippen LogP contribution in [0.15, 0.2) is 33.5 Å². The fourth-order valence-corrected chi connectivity index (χ4v) is 7.10. The average Bonchev–Trinajstić information content (AvgIpc) is 2.71. The second-order valence-electron chi connectivity index (χ2n) is 10.7. The maximum atomic E-state index is 13.0. The van der Waals surface area contributed by atoms with Crippen LogP contribution in [-0.2, 0) is 4.74 Å². The van der Waals surface area contributed by atoms with Crippen LogP contribution < -0.4 is 10.2 Å². The third kappa shape index (κ3) is 2.43. The van der Waals surface area contributed by atoms with Crippen molar-refractivity contribution in [3.8, 4) is 5.95 Å². The summed E-state index contributed by atoms with van der Waals surface area (Å²) in [6.45, 7) is 7.53. The number of aliphatic hydroxyl groups excluding tert-OH is 1. The molecule has 1 aromatic rings. The topological polar surface area (TPSA) is 109 Å². The Hall–Kier alpha value is -1.93. The van der Waals surface area contributed by atoms with E-state index in [2.05, 4.69) is 0 Å². The summed E-state index contributed by atoms with van der Waals surface area (Å²) in [5.41, 5.74) is -4.27. The van der Waals surface area contributed by atoms with Gasteiger partial charge in [0, 0.05) is 29.2 Å². The van der Waals surface area contributed by atoms with E-state index in [-0.39, 0.29) is 23.5 Å². The Morgan fingerprint density at radius 3 is 2.50 bits per heavy atom. The highest BCUT2D eigenvalue weighted by molar-refractivity contribution is 5.47. The average molecular weight is 445 g/mol. The molecule has 7 heteroatoms. The Morgan fingerprint density at radius 1 is 1.09 bits per heavy atom. The predicted molar refractivity (Wildman–Crippen MR) is 117 cm³/mol. The van der Waals surface area contributed by atoms with Crippen molar-refractivity contribution in [2.45, 2.75) is 76.5 Å². The van der Waals surface area contributed by atoms with Crippen LogP contribution in [0.25, 0.3) is 6.08 Å². The second kappa shape index (κ2) is 6.56. The summed E-state index contributed by atoms with van der Waals surface area (Å²) in [4.78, 5) is 13.0. The highest BCUT2D eigenvalue weighted by Crippen LogP contribution is 2.73. The third-order valence-electron chi connectivity index (χ3n) is 9.02. The Balaban J connectivity index is 1.65. The van der Waals surface area contributed by atoms with Crippen LogP contribution in [0.5, 0.6) is 5.95 Å². The maximum absolute atomic E-state index is 13.0. The molecule has 5 aliphatic rings. The van der Waals surface area contributed by atoms with E-state index in [0.29, 0.717) is 31.4 Å². The van der Waals surface area contributed by atoms with E-state index in [0.717, 1.165) is 0 Å². The highest BCUT2D eigenvalue weighted by atomic mass is 16.6. The first-order chi connectivity index (χ1) is 14.9. The molecule has 3 N–H and O–H groups in total. The molecule has 0 amide bonds. The number of allylic oxidation sites excluding steroid dienone is 3. The van der Waals surface area contributed by atoms with E-state index >= 15 is 0 Å². The lowest BCUT2D eigenvalue weighted by Gasteiger charge is -2.74. The molecule has 174 valence electrons. The summed E-state index contributed by atoms with van der Waals surface area (Å²) >= 11 is 0. The smallest absolute Gasteiger partial charge is 0.295 e. The molecule has 6 rings (SSSR count). The van der Waals surface area contributed by atoms with Crippen molar-refractivity contribution in [1.82, 2.24) is 0 Å². The zero-order chi connectivity index (χ0) is 23.2. The van der Waals surface area contributed by atoms with Gasteiger partial charge in [0.15, 0.2) is 11.2 Å². The second-order valence-corrected chi connectivity index (χ2v) is 10.7. The van der Waals surface area contributed by atoms with E-state index < -0.39 is 39.8 Å². The van der Waals surface area contributed by atoms with Gasteiger partial charge in [-0.25, -0.2) is 0 Å². The van der Waals surface area contributed by atoms with Gasteiger partial charge in [0.2, 0.25) is 0 Å². The molecule has 2 saturated heterocycles. The molecule has 0 unspecified atom stereocenters. The molecule has 32 heavy (non-hydrogen) atoms. The number of rotatable bonds is 2. The van der Waals surface area contributed by atoms with E-state index in [9.17, 15) is 20.1 Å². The summed E-state index contributed by atoms with van der Waals surface area (Å²) in [6, 6.07) is 1.35. The van der Waals surface area contributed by atoms with Crippen LogP contribution in [0.3, 0.4) is 0 Å². The van der Waals surface area contributed by atoms with Gasteiger partial charge in [0.1, 0.15) is 16.9 Å². The van der Waals surface area contributed by atoms with Gasteiger partial charge in [-0.15, -0.1) is 0 Å². The van der Waals surface area contributed by atoms with Crippen LogP contribution in [-0.4, -0.2) is 38.9 Å². The van der Waals surface area contributed by atoms with Gasteiger partial charge in [-0.2, -0.15) is 0 Å². The van der Waals surface area contributed by atoms with Crippen LogP contribution >= 0.6 is 0 Å². The molecule has 7 nitrogen and oxygen atoms in total. The predicted octanol–water partition coefficient (Wildman–Crippen LogP) is 3.08. The van der Waals surface area contributed by atoms with Crippen LogP contribution in [0.4, 0.5) is 0 Å². The lowest BCUT2D eigenvalue weighted by Crippen LogP contribution is -2.82. The molecule has 2 aliphatic carbocycles. The van der Waals surface area contributed by atoms with Crippen molar-refractivity contribution in [2.75, 3.05) is 6.61 Å². The van der Waals surface area contributed by atoms with Crippen molar-refractivity contribution in [3.63, 3.8) is 0 Å². The minimum Gasteiger partial charge on any atom is -0.458 e. The molecule has 4 heterocycles. The minimum atomic E-state index is -1.43. The van der Waals surface area contributed by atoms with Gasteiger partial charge in [0.05, 0.1) is 18.3 Å². The third-order valence-corrected chi connectivity index (χ3v) is 9.02. The summed E-state index contributed by atoms with van der Waals surface area (Å²) in [5.74, 6) is -1.65. The summed E-state index contributed by atoms with van der Waals surface area (Å²) in [6.07, 6.45) is 7.56. The van der Waals surface area contributed by atoms with Crippen molar-refractivity contribution >= 4 is 6.08 Å². The Morgan fingerprint density at radius 2 is 1.84 bits per heavy atom. The number of hydrogen-bond donors (Lipinski definition) is 3. The Bertz CT molecular complexity index is 1060. The van der Waals surface area contributed by atoms with Gasteiger partial charge in [-0.05, 0) is 39.2 Å². The van der Waals surface area contributed by atoms with E-state index in [1.807, 2.05) is 39.8 Å². The zero-order valence-electron chi connectivity index (χ0n) is 19.1. The van der Waals surface area contributed by atoms with Crippen LogP contribution in [0.2, 0.25) is 0 Å². The number of fused-ring (bicyclic) bond motifs is 4. The molecule has 2 saturated carbocycles. The van der Waals surface area contributed by atoms with Crippen LogP contribution in [0, 0.1) is 16.7 Å². The number of aliphatic hydroxyl groups is 3. The molecule has 1 spiro atoms. The first kappa shape index (κ1) is 21.9.